The van der Waals surface area contributed by atoms with Crippen molar-refractivity contribution in [1.82, 2.24) is 24.9 Å². The summed E-state index contributed by atoms with van der Waals surface area (Å²) in [6.07, 6.45) is 7.60. The quantitative estimate of drug-likeness (QED) is 0.760. The minimum Gasteiger partial charge on any atom is -0.365 e. The Morgan fingerprint density at radius 2 is 2.25 bits per heavy atom. The lowest BCUT2D eigenvalue weighted by atomic mass is 10.2. The van der Waals surface area contributed by atoms with Crippen LogP contribution < -0.4 is 10.6 Å². The topological polar surface area (TPSA) is 67.1 Å². The minimum absolute atomic E-state index is 0.0805. The van der Waals surface area contributed by atoms with Gasteiger partial charge in [0.2, 0.25) is 0 Å². The predicted molar refractivity (Wildman–Crippen MR) is 91.0 cm³/mol. The van der Waals surface area contributed by atoms with Gasteiger partial charge in [-0.1, -0.05) is 11.6 Å². The summed E-state index contributed by atoms with van der Waals surface area (Å²) in [5.41, 5.74) is 2.52. The molecule has 4 rings (SSSR count). The molecule has 0 saturated carbocycles. The van der Waals surface area contributed by atoms with Crippen LogP contribution in [0.15, 0.2) is 36.9 Å². The Labute approximate surface area is 143 Å². The van der Waals surface area contributed by atoms with E-state index in [1.54, 1.807) is 29.3 Å². The molecule has 0 spiro atoms. The number of aromatic nitrogens is 4. The van der Waals surface area contributed by atoms with Gasteiger partial charge in [-0.25, -0.2) is 13.9 Å². The highest BCUT2D eigenvalue weighted by atomic mass is 35.5. The summed E-state index contributed by atoms with van der Waals surface area (Å²) in [7, 11) is 0. The van der Waals surface area contributed by atoms with Crippen LogP contribution in [0.3, 0.4) is 0 Å². The Morgan fingerprint density at radius 3 is 3.08 bits per heavy atom. The SMILES string of the molecule is FCC1CC(Nc2cncc(-c3cnn4cc(Cl)ccc34)n2)CN1. The van der Waals surface area contributed by atoms with Gasteiger partial charge in [-0.2, -0.15) is 5.10 Å². The molecule has 1 saturated heterocycles. The van der Waals surface area contributed by atoms with E-state index in [0.717, 1.165) is 29.7 Å². The number of hydrogen-bond acceptors (Lipinski definition) is 5. The van der Waals surface area contributed by atoms with E-state index in [4.69, 9.17) is 11.6 Å². The maximum atomic E-state index is 12.7. The highest BCUT2D eigenvalue weighted by Gasteiger charge is 2.24. The maximum Gasteiger partial charge on any atom is 0.145 e. The van der Waals surface area contributed by atoms with Crippen LogP contribution in [0.5, 0.6) is 0 Å². The summed E-state index contributed by atoms with van der Waals surface area (Å²) in [5, 5.41) is 11.4. The number of rotatable bonds is 4. The fraction of sp³-hybridized carbons (Fsp3) is 0.312. The van der Waals surface area contributed by atoms with E-state index in [-0.39, 0.29) is 18.8 Å². The first-order valence-electron chi connectivity index (χ1n) is 7.74. The van der Waals surface area contributed by atoms with Crippen molar-refractivity contribution in [1.29, 1.82) is 0 Å². The smallest absolute Gasteiger partial charge is 0.145 e. The normalized spacial score (nSPS) is 20.6. The summed E-state index contributed by atoms with van der Waals surface area (Å²) in [4.78, 5) is 8.88. The summed E-state index contributed by atoms with van der Waals surface area (Å²) in [6, 6.07) is 3.79. The fourth-order valence-electron chi connectivity index (χ4n) is 2.98. The second-order valence-electron chi connectivity index (χ2n) is 5.86. The standard InChI is InChI=1S/C16H16ClFN6/c17-10-1-2-15-13(6-21-24(15)9-10)14-7-19-8-16(23-14)22-12-3-11(4-18)20-5-12/h1-2,6-9,11-12,20H,3-5H2,(H,22,23). The first-order valence-corrected chi connectivity index (χ1v) is 8.12. The largest absolute Gasteiger partial charge is 0.365 e. The van der Waals surface area contributed by atoms with Gasteiger partial charge in [-0.3, -0.25) is 4.98 Å². The molecule has 2 unspecified atom stereocenters. The first kappa shape index (κ1) is 15.3. The molecule has 1 aliphatic heterocycles. The maximum absolute atomic E-state index is 12.7. The van der Waals surface area contributed by atoms with Gasteiger partial charge in [0, 0.05) is 30.4 Å². The van der Waals surface area contributed by atoms with Crippen molar-refractivity contribution in [3.05, 3.63) is 41.9 Å². The third-order valence-electron chi connectivity index (χ3n) is 4.15. The number of nitrogens with one attached hydrogen (secondary N) is 2. The lowest BCUT2D eigenvalue weighted by molar-refractivity contribution is 0.404. The zero-order chi connectivity index (χ0) is 16.5. The number of nitrogens with zero attached hydrogens (tertiary/aromatic N) is 4. The van der Waals surface area contributed by atoms with Crippen LogP contribution in [-0.2, 0) is 0 Å². The van der Waals surface area contributed by atoms with Crippen molar-refractivity contribution in [2.24, 2.45) is 0 Å². The Hall–Kier alpha value is -2.25. The van der Waals surface area contributed by atoms with E-state index in [1.807, 2.05) is 12.1 Å². The molecule has 0 bridgehead atoms. The Morgan fingerprint density at radius 1 is 1.33 bits per heavy atom. The van der Waals surface area contributed by atoms with Crippen molar-refractivity contribution in [3.63, 3.8) is 0 Å². The highest BCUT2D eigenvalue weighted by molar-refractivity contribution is 6.30. The molecule has 3 aromatic heterocycles. The number of hydrogen-bond donors (Lipinski definition) is 2. The van der Waals surface area contributed by atoms with E-state index >= 15 is 0 Å². The van der Waals surface area contributed by atoms with Gasteiger partial charge in [-0.15, -0.1) is 0 Å². The first-order chi connectivity index (χ1) is 11.7. The van der Waals surface area contributed by atoms with Gasteiger partial charge in [-0.05, 0) is 18.6 Å². The fourth-order valence-corrected chi connectivity index (χ4v) is 3.13. The monoisotopic (exact) mass is 346 g/mol. The Kier molecular flexibility index (Phi) is 4.03. The summed E-state index contributed by atoms with van der Waals surface area (Å²) >= 11 is 5.99. The molecular formula is C16H16ClFN6. The summed E-state index contributed by atoms with van der Waals surface area (Å²) < 4.78 is 14.4. The van der Waals surface area contributed by atoms with Crippen LogP contribution in [-0.4, -0.2) is 44.9 Å². The molecule has 24 heavy (non-hydrogen) atoms. The molecule has 3 aromatic rings. The molecular weight excluding hydrogens is 331 g/mol. The van der Waals surface area contributed by atoms with Crippen molar-refractivity contribution in [2.75, 3.05) is 18.5 Å². The molecule has 1 fully saturated rings. The van der Waals surface area contributed by atoms with E-state index in [0.29, 0.717) is 10.8 Å². The van der Waals surface area contributed by atoms with Gasteiger partial charge in [0.25, 0.3) is 0 Å². The summed E-state index contributed by atoms with van der Waals surface area (Å²) in [5.74, 6) is 0.673. The Bertz CT molecular complexity index is 867. The van der Waals surface area contributed by atoms with Crippen LogP contribution in [0.2, 0.25) is 5.02 Å². The van der Waals surface area contributed by atoms with Crippen molar-refractivity contribution < 1.29 is 4.39 Å². The molecule has 1 aliphatic rings. The molecule has 4 heterocycles. The van der Waals surface area contributed by atoms with Crippen LogP contribution in [0.4, 0.5) is 10.2 Å². The van der Waals surface area contributed by atoms with Gasteiger partial charge >= 0.3 is 0 Å². The van der Waals surface area contributed by atoms with Gasteiger partial charge < -0.3 is 10.6 Å². The van der Waals surface area contributed by atoms with Gasteiger partial charge in [0.1, 0.15) is 12.5 Å². The molecule has 124 valence electrons. The van der Waals surface area contributed by atoms with Crippen LogP contribution in [0, 0.1) is 0 Å². The Balaban J connectivity index is 1.60. The molecule has 0 radical (unpaired) electrons. The minimum atomic E-state index is -0.352. The highest BCUT2D eigenvalue weighted by Crippen LogP contribution is 2.24. The lowest BCUT2D eigenvalue weighted by Crippen LogP contribution is -2.24. The van der Waals surface area contributed by atoms with Crippen LogP contribution >= 0.6 is 11.6 Å². The molecule has 6 nitrogen and oxygen atoms in total. The molecule has 2 atom stereocenters. The number of fused-ring (bicyclic) bond motifs is 1. The number of anilines is 1. The second kappa shape index (κ2) is 6.33. The van der Waals surface area contributed by atoms with Crippen molar-refractivity contribution in [2.45, 2.75) is 18.5 Å². The number of alkyl halides is 1. The average Bonchev–Trinajstić information content (AvgIpc) is 3.21. The summed E-state index contributed by atoms with van der Waals surface area (Å²) in [6.45, 7) is 0.366. The van der Waals surface area contributed by atoms with Crippen LogP contribution in [0.1, 0.15) is 6.42 Å². The van der Waals surface area contributed by atoms with E-state index in [1.165, 1.54) is 0 Å². The zero-order valence-corrected chi connectivity index (χ0v) is 13.5. The van der Waals surface area contributed by atoms with E-state index < -0.39 is 0 Å². The molecule has 0 aromatic carbocycles. The second-order valence-corrected chi connectivity index (χ2v) is 6.30. The van der Waals surface area contributed by atoms with Crippen LogP contribution in [0.25, 0.3) is 16.8 Å². The number of pyridine rings is 1. The predicted octanol–water partition coefficient (Wildman–Crippen LogP) is 2.56. The molecule has 2 N–H and O–H groups in total. The van der Waals surface area contributed by atoms with Gasteiger partial charge in [0.05, 0.1) is 34.8 Å². The molecule has 0 aliphatic carbocycles. The molecule has 0 amide bonds. The van der Waals surface area contributed by atoms with Crippen molar-refractivity contribution in [3.8, 4) is 11.3 Å². The third-order valence-corrected chi connectivity index (χ3v) is 4.37. The zero-order valence-electron chi connectivity index (χ0n) is 12.8. The lowest BCUT2D eigenvalue weighted by Gasteiger charge is -2.12. The van der Waals surface area contributed by atoms with E-state index in [9.17, 15) is 4.39 Å². The van der Waals surface area contributed by atoms with Crippen molar-refractivity contribution >= 4 is 22.9 Å². The number of halogens is 2. The average molecular weight is 347 g/mol. The van der Waals surface area contributed by atoms with E-state index in [2.05, 4.69) is 25.7 Å². The molecule has 8 heteroatoms. The van der Waals surface area contributed by atoms with Gasteiger partial charge in [0.15, 0.2) is 0 Å². The third kappa shape index (κ3) is 2.92.